The summed E-state index contributed by atoms with van der Waals surface area (Å²) < 4.78 is 6.81. The van der Waals surface area contributed by atoms with E-state index in [0.717, 1.165) is 22.7 Å². The monoisotopic (exact) mass is 414 g/mol. The number of aromatic nitrogens is 4. The van der Waals surface area contributed by atoms with E-state index < -0.39 is 0 Å². The van der Waals surface area contributed by atoms with Crippen LogP contribution in [0.3, 0.4) is 0 Å². The van der Waals surface area contributed by atoms with Crippen LogP contribution < -0.4 is 15.4 Å². The van der Waals surface area contributed by atoms with Gasteiger partial charge in [0, 0.05) is 36.3 Å². The summed E-state index contributed by atoms with van der Waals surface area (Å²) in [6, 6.07) is 18.8. The molecule has 2 aromatic heterocycles. The summed E-state index contributed by atoms with van der Waals surface area (Å²) in [6.45, 7) is 0. The van der Waals surface area contributed by atoms with Crippen molar-refractivity contribution in [2.45, 2.75) is 12.8 Å². The molecular formula is C23H22N6O2. The zero-order chi connectivity index (χ0) is 21.5. The smallest absolute Gasteiger partial charge is 0.224 e. The molecule has 0 saturated carbocycles. The average molecular weight is 414 g/mol. The molecule has 0 spiro atoms. The van der Waals surface area contributed by atoms with Gasteiger partial charge in [-0.05, 0) is 54.4 Å². The van der Waals surface area contributed by atoms with Gasteiger partial charge >= 0.3 is 0 Å². The maximum Gasteiger partial charge on any atom is 0.224 e. The zero-order valence-electron chi connectivity index (χ0n) is 17.0. The van der Waals surface area contributed by atoms with Crippen LogP contribution in [0.2, 0.25) is 0 Å². The molecule has 31 heavy (non-hydrogen) atoms. The highest BCUT2D eigenvalue weighted by molar-refractivity contribution is 5.91. The van der Waals surface area contributed by atoms with Gasteiger partial charge < -0.3 is 15.4 Å². The Labute approximate surface area is 179 Å². The minimum absolute atomic E-state index is 0.0313. The molecule has 1 amide bonds. The third-order valence-corrected chi connectivity index (χ3v) is 4.63. The number of hydrogen-bond donors (Lipinski definition) is 2. The molecule has 0 aliphatic heterocycles. The Morgan fingerprint density at radius 2 is 1.81 bits per heavy atom. The summed E-state index contributed by atoms with van der Waals surface area (Å²) in [5.41, 5.74) is 2.68. The van der Waals surface area contributed by atoms with Crippen LogP contribution in [0.5, 0.6) is 5.75 Å². The van der Waals surface area contributed by atoms with E-state index in [-0.39, 0.29) is 5.91 Å². The summed E-state index contributed by atoms with van der Waals surface area (Å²) in [4.78, 5) is 20.7. The Morgan fingerprint density at radius 3 is 2.52 bits per heavy atom. The Morgan fingerprint density at radius 1 is 1.03 bits per heavy atom. The normalized spacial score (nSPS) is 10.5. The molecule has 0 bridgehead atoms. The highest BCUT2D eigenvalue weighted by atomic mass is 16.5. The first-order valence-electron chi connectivity index (χ1n) is 9.81. The molecule has 4 rings (SSSR count). The summed E-state index contributed by atoms with van der Waals surface area (Å²) in [6.07, 6.45) is 6.07. The van der Waals surface area contributed by atoms with Crippen molar-refractivity contribution in [3.05, 3.63) is 84.9 Å². The lowest BCUT2D eigenvalue weighted by Gasteiger charge is -2.09. The summed E-state index contributed by atoms with van der Waals surface area (Å²) in [5.74, 6) is 2.10. The van der Waals surface area contributed by atoms with Crippen molar-refractivity contribution in [2.24, 2.45) is 0 Å². The second kappa shape index (κ2) is 9.53. The first-order valence-corrected chi connectivity index (χ1v) is 9.81. The number of benzene rings is 2. The van der Waals surface area contributed by atoms with Crippen LogP contribution in [0.25, 0.3) is 5.82 Å². The van der Waals surface area contributed by atoms with Gasteiger partial charge in [0.2, 0.25) is 5.91 Å². The SMILES string of the molecule is COc1ccc(CCC(=O)Nc2ccc(Nc3cc(-n4cccn4)ncn3)cc2)cc1. The fraction of sp³-hybridized carbons (Fsp3) is 0.130. The van der Waals surface area contributed by atoms with Crippen LogP contribution in [0.15, 0.2) is 79.4 Å². The lowest BCUT2D eigenvalue weighted by atomic mass is 10.1. The fourth-order valence-corrected chi connectivity index (χ4v) is 3.00. The van der Waals surface area contributed by atoms with Crippen LogP contribution >= 0.6 is 0 Å². The number of carbonyl (C=O) groups is 1. The number of nitrogens with one attached hydrogen (secondary N) is 2. The number of nitrogens with zero attached hydrogens (tertiary/aromatic N) is 4. The maximum absolute atomic E-state index is 12.3. The third-order valence-electron chi connectivity index (χ3n) is 4.63. The van der Waals surface area contributed by atoms with E-state index in [2.05, 4.69) is 25.7 Å². The topological polar surface area (TPSA) is 94.0 Å². The molecule has 2 N–H and O–H groups in total. The summed E-state index contributed by atoms with van der Waals surface area (Å²) in [7, 11) is 1.63. The van der Waals surface area contributed by atoms with Gasteiger partial charge in [0.25, 0.3) is 0 Å². The molecule has 4 aromatic rings. The highest BCUT2D eigenvalue weighted by Crippen LogP contribution is 2.19. The third kappa shape index (κ3) is 5.45. The highest BCUT2D eigenvalue weighted by Gasteiger charge is 2.05. The van der Waals surface area contributed by atoms with E-state index in [1.54, 1.807) is 18.0 Å². The Kier molecular flexibility index (Phi) is 6.18. The van der Waals surface area contributed by atoms with E-state index in [9.17, 15) is 4.79 Å². The quantitative estimate of drug-likeness (QED) is 0.453. The predicted molar refractivity (Wildman–Crippen MR) is 119 cm³/mol. The minimum atomic E-state index is -0.0313. The Balaban J connectivity index is 1.30. The lowest BCUT2D eigenvalue weighted by molar-refractivity contribution is -0.116. The van der Waals surface area contributed by atoms with Crippen molar-refractivity contribution >= 4 is 23.1 Å². The molecule has 0 atom stereocenters. The van der Waals surface area contributed by atoms with Crippen molar-refractivity contribution < 1.29 is 9.53 Å². The van der Waals surface area contributed by atoms with Gasteiger partial charge in [-0.2, -0.15) is 5.10 Å². The number of aryl methyl sites for hydroxylation is 1. The minimum Gasteiger partial charge on any atom is -0.497 e. The zero-order valence-corrected chi connectivity index (χ0v) is 17.0. The standard InChI is InChI=1S/C23H22N6O2/c1-31-20-10-3-17(4-11-20)5-12-23(30)28-19-8-6-18(7-9-19)27-21-15-22(25-16-24-21)29-14-2-13-26-29/h2-4,6-11,13-16H,5,12H2,1H3,(H,28,30)(H,24,25,27). The van der Waals surface area contributed by atoms with Crippen molar-refractivity contribution in [3.8, 4) is 11.6 Å². The Bertz CT molecular complexity index is 1130. The number of rotatable bonds is 8. The van der Waals surface area contributed by atoms with E-state index in [1.165, 1.54) is 6.33 Å². The van der Waals surface area contributed by atoms with Gasteiger partial charge in [0.05, 0.1) is 7.11 Å². The van der Waals surface area contributed by atoms with Crippen molar-refractivity contribution in [1.29, 1.82) is 0 Å². The molecule has 156 valence electrons. The van der Waals surface area contributed by atoms with Crippen LogP contribution in [-0.2, 0) is 11.2 Å². The fourth-order valence-electron chi connectivity index (χ4n) is 3.00. The summed E-state index contributed by atoms with van der Waals surface area (Å²) in [5, 5.41) is 10.3. The van der Waals surface area contributed by atoms with E-state index in [1.807, 2.05) is 66.9 Å². The van der Waals surface area contributed by atoms with Gasteiger partial charge in [-0.25, -0.2) is 14.6 Å². The van der Waals surface area contributed by atoms with E-state index in [4.69, 9.17) is 4.74 Å². The molecule has 2 heterocycles. The number of anilines is 3. The molecule has 0 aliphatic rings. The summed E-state index contributed by atoms with van der Waals surface area (Å²) >= 11 is 0. The van der Waals surface area contributed by atoms with Gasteiger partial charge in [0.1, 0.15) is 17.9 Å². The molecule has 0 saturated heterocycles. The van der Waals surface area contributed by atoms with Crippen LogP contribution in [0, 0.1) is 0 Å². The largest absolute Gasteiger partial charge is 0.497 e. The molecule has 0 radical (unpaired) electrons. The molecule has 0 unspecified atom stereocenters. The number of ether oxygens (including phenoxy) is 1. The van der Waals surface area contributed by atoms with E-state index >= 15 is 0 Å². The van der Waals surface area contributed by atoms with Gasteiger partial charge in [-0.15, -0.1) is 0 Å². The maximum atomic E-state index is 12.3. The molecular weight excluding hydrogens is 392 g/mol. The lowest BCUT2D eigenvalue weighted by Crippen LogP contribution is -2.12. The second-order valence-corrected chi connectivity index (χ2v) is 6.81. The number of methoxy groups -OCH3 is 1. The second-order valence-electron chi connectivity index (χ2n) is 6.81. The molecule has 8 heteroatoms. The van der Waals surface area contributed by atoms with Gasteiger partial charge in [-0.1, -0.05) is 12.1 Å². The molecule has 8 nitrogen and oxygen atoms in total. The van der Waals surface area contributed by atoms with Crippen LogP contribution in [-0.4, -0.2) is 32.8 Å². The van der Waals surface area contributed by atoms with Gasteiger partial charge in [0.15, 0.2) is 5.82 Å². The van der Waals surface area contributed by atoms with Crippen molar-refractivity contribution in [3.63, 3.8) is 0 Å². The van der Waals surface area contributed by atoms with Crippen LogP contribution in [0.1, 0.15) is 12.0 Å². The first kappa shape index (κ1) is 20.1. The Hall–Kier alpha value is -4.20. The average Bonchev–Trinajstić information content (AvgIpc) is 3.35. The number of amides is 1. The molecule has 0 fully saturated rings. The number of carbonyl (C=O) groups excluding carboxylic acids is 1. The van der Waals surface area contributed by atoms with Crippen LogP contribution in [0.4, 0.5) is 17.2 Å². The molecule has 0 aliphatic carbocycles. The van der Waals surface area contributed by atoms with Gasteiger partial charge in [-0.3, -0.25) is 4.79 Å². The van der Waals surface area contributed by atoms with Crippen molar-refractivity contribution in [1.82, 2.24) is 19.7 Å². The van der Waals surface area contributed by atoms with E-state index in [0.29, 0.717) is 24.5 Å². The molecule has 2 aromatic carbocycles. The predicted octanol–water partition coefficient (Wildman–Crippen LogP) is 3.99. The number of hydrogen-bond acceptors (Lipinski definition) is 6. The van der Waals surface area contributed by atoms with Crippen molar-refractivity contribution in [2.75, 3.05) is 17.7 Å². The first-order chi connectivity index (χ1) is 15.2.